The van der Waals surface area contributed by atoms with Gasteiger partial charge >= 0.3 is 0 Å². The summed E-state index contributed by atoms with van der Waals surface area (Å²) in [7, 11) is -0.183. The minimum Gasteiger partial charge on any atom is -0.363 e. The fraction of sp³-hybridized carbons (Fsp3) is 0.938. The van der Waals surface area contributed by atoms with E-state index in [9.17, 15) is 13.2 Å². The maximum atomic E-state index is 12.5. The minimum absolute atomic E-state index is 0.000231. The maximum Gasteiger partial charge on any atom is 0.252 e. The lowest BCUT2D eigenvalue weighted by atomic mass is 9.90. The van der Waals surface area contributed by atoms with Gasteiger partial charge in [-0.15, -0.1) is 0 Å². The Kier molecular flexibility index (Phi) is 7.27. The van der Waals surface area contributed by atoms with E-state index in [1.807, 2.05) is 27.7 Å². The highest BCUT2D eigenvalue weighted by atomic mass is 32.2. The molecule has 0 N–H and O–H groups in total. The second-order valence-corrected chi connectivity index (χ2v) is 10.2. The molecule has 0 bridgehead atoms. The number of sulfonamides is 1. The summed E-state index contributed by atoms with van der Waals surface area (Å²) in [4.78, 5) is 13.9. The highest BCUT2D eigenvalue weighted by Crippen LogP contribution is 2.25. The van der Waals surface area contributed by atoms with Crippen molar-refractivity contribution >= 4 is 15.9 Å². The normalized spacial score (nSPS) is 16.3. The number of rotatable bonds is 6. The average molecular weight is 351 g/mol. The van der Waals surface area contributed by atoms with Crippen LogP contribution in [0, 0.1) is 5.41 Å². The molecule has 0 aromatic rings. The summed E-state index contributed by atoms with van der Waals surface area (Å²) < 4.78 is 31.6. The van der Waals surface area contributed by atoms with Crippen molar-refractivity contribution in [3.63, 3.8) is 0 Å². The molecule has 0 aliphatic carbocycles. The lowest BCUT2D eigenvalue weighted by molar-refractivity contribution is -0.150. The Morgan fingerprint density at radius 1 is 1.09 bits per heavy atom. The summed E-state index contributed by atoms with van der Waals surface area (Å²) in [6.07, 6.45) is 0.119. The highest BCUT2D eigenvalue weighted by Gasteiger charge is 2.37. The fourth-order valence-electron chi connectivity index (χ4n) is 1.98. The largest absolute Gasteiger partial charge is 0.363 e. The second kappa shape index (κ2) is 7.49. The molecule has 2 atom stereocenters. The average Bonchev–Trinajstić information content (AvgIpc) is 2.28. The van der Waals surface area contributed by atoms with Crippen molar-refractivity contribution < 1.29 is 17.9 Å². The molecule has 1 amide bonds. The van der Waals surface area contributed by atoms with Crippen molar-refractivity contribution in [1.29, 1.82) is 0 Å². The summed E-state index contributed by atoms with van der Waals surface area (Å²) in [6, 6.07) is 0. The van der Waals surface area contributed by atoms with Gasteiger partial charge in [0.2, 0.25) is 10.0 Å². The molecular weight excluding hydrogens is 316 g/mol. The van der Waals surface area contributed by atoms with E-state index in [0.717, 1.165) is 6.26 Å². The zero-order chi connectivity index (χ0) is 18.8. The van der Waals surface area contributed by atoms with Crippen LogP contribution in [0.2, 0.25) is 0 Å². The molecule has 0 rings (SSSR count). The van der Waals surface area contributed by atoms with Crippen LogP contribution in [0.3, 0.4) is 0 Å². The van der Waals surface area contributed by atoms with E-state index in [4.69, 9.17) is 4.74 Å². The SMILES string of the molecule is CC(OC(CN(C(C)(C)C)S(C)(=O)=O)C(=O)N(C)C)C(C)(C)C. The van der Waals surface area contributed by atoms with Crippen LogP contribution in [0.25, 0.3) is 0 Å². The van der Waals surface area contributed by atoms with Gasteiger partial charge in [0.15, 0.2) is 6.10 Å². The molecule has 23 heavy (non-hydrogen) atoms. The number of amides is 1. The topological polar surface area (TPSA) is 66.9 Å². The number of carbonyl (C=O) groups excluding carboxylic acids is 1. The number of ether oxygens (including phenoxy) is 1. The van der Waals surface area contributed by atoms with Crippen molar-refractivity contribution in [3.05, 3.63) is 0 Å². The van der Waals surface area contributed by atoms with Crippen molar-refractivity contribution in [2.75, 3.05) is 26.9 Å². The van der Waals surface area contributed by atoms with Gasteiger partial charge < -0.3 is 9.64 Å². The molecule has 138 valence electrons. The summed E-state index contributed by atoms with van der Waals surface area (Å²) in [5, 5.41) is 0. The third kappa shape index (κ3) is 7.18. The lowest BCUT2D eigenvalue weighted by Crippen LogP contribution is -2.53. The van der Waals surface area contributed by atoms with Gasteiger partial charge in [-0.1, -0.05) is 20.8 Å². The van der Waals surface area contributed by atoms with E-state index in [2.05, 4.69) is 0 Å². The minimum atomic E-state index is -3.47. The van der Waals surface area contributed by atoms with Crippen LogP contribution in [0.4, 0.5) is 0 Å². The molecule has 0 radical (unpaired) electrons. The van der Waals surface area contributed by atoms with Crippen molar-refractivity contribution in [2.45, 2.75) is 66.2 Å². The highest BCUT2D eigenvalue weighted by molar-refractivity contribution is 7.88. The molecule has 2 unspecified atom stereocenters. The van der Waals surface area contributed by atoms with Gasteiger partial charge in [0, 0.05) is 26.2 Å². The molecule has 0 aromatic heterocycles. The first-order chi connectivity index (χ1) is 9.98. The van der Waals surface area contributed by atoms with Crippen molar-refractivity contribution in [2.24, 2.45) is 5.41 Å². The third-order valence-electron chi connectivity index (χ3n) is 3.78. The number of hydrogen-bond donors (Lipinski definition) is 0. The van der Waals surface area contributed by atoms with Gasteiger partial charge in [0.25, 0.3) is 5.91 Å². The number of nitrogens with zero attached hydrogens (tertiary/aromatic N) is 2. The van der Waals surface area contributed by atoms with Crippen LogP contribution in [0.1, 0.15) is 48.5 Å². The van der Waals surface area contributed by atoms with Gasteiger partial charge in [0.05, 0.1) is 12.4 Å². The fourth-order valence-corrected chi connectivity index (χ4v) is 3.38. The van der Waals surface area contributed by atoms with Crippen LogP contribution in [-0.2, 0) is 19.6 Å². The van der Waals surface area contributed by atoms with Crippen LogP contribution >= 0.6 is 0 Å². The Labute approximate surface area is 142 Å². The van der Waals surface area contributed by atoms with E-state index in [0.29, 0.717) is 0 Å². The van der Waals surface area contributed by atoms with Crippen LogP contribution in [0.5, 0.6) is 0 Å². The predicted octanol–water partition coefficient (Wildman–Crippen LogP) is 1.95. The van der Waals surface area contributed by atoms with E-state index in [1.165, 1.54) is 9.21 Å². The van der Waals surface area contributed by atoms with E-state index >= 15 is 0 Å². The van der Waals surface area contributed by atoms with E-state index < -0.39 is 21.7 Å². The number of carbonyl (C=O) groups is 1. The molecule has 0 aliphatic rings. The summed E-state index contributed by atoms with van der Waals surface area (Å²) in [5.74, 6) is -0.237. The van der Waals surface area contributed by atoms with E-state index in [-0.39, 0.29) is 24.0 Å². The zero-order valence-corrected chi connectivity index (χ0v) is 17.1. The summed E-state index contributed by atoms with van der Waals surface area (Å²) in [5.41, 5.74) is -0.782. The molecular formula is C16H34N2O4S. The van der Waals surface area contributed by atoms with Gasteiger partial charge in [-0.3, -0.25) is 4.79 Å². The van der Waals surface area contributed by atoms with Gasteiger partial charge in [0.1, 0.15) is 0 Å². The first-order valence-electron chi connectivity index (χ1n) is 7.82. The van der Waals surface area contributed by atoms with Crippen LogP contribution in [-0.4, -0.2) is 68.2 Å². The molecule has 0 fully saturated rings. The third-order valence-corrected chi connectivity index (χ3v) is 5.28. The molecule has 7 heteroatoms. The second-order valence-electron chi connectivity index (χ2n) is 8.33. The standard InChI is InChI=1S/C16H34N2O4S/c1-12(15(2,3)4)22-13(14(19)17(8)9)11-18(16(5,6)7)23(10,20)21/h12-13H,11H2,1-10H3. The molecule has 0 heterocycles. The molecule has 0 saturated carbocycles. The van der Waals surface area contributed by atoms with Gasteiger partial charge in [-0.2, -0.15) is 4.31 Å². The Hall–Kier alpha value is -0.660. The zero-order valence-electron chi connectivity index (χ0n) is 16.3. The summed E-state index contributed by atoms with van der Waals surface area (Å²) in [6.45, 7) is 13.4. The molecule has 0 aliphatic heterocycles. The predicted molar refractivity (Wildman–Crippen MR) is 93.8 cm³/mol. The Morgan fingerprint density at radius 3 is 1.78 bits per heavy atom. The first-order valence-corrected chi connectivity index (χ1v) is 9.67. The lowest BCUT2D eigenvalue weighted by Gasteiger charge is -2.38. The quantitative estimate of drug-likeness (QED) is 0.734. The first kappa shape index (κ1) is 22.3. The van der Waals surface area contributed by atoms with Crippen molar-refractivity contribution in [3.8, 4) is 0 Å². The molecule has 0 aromatic carbocycles. The van der Waals surface area contributed by atoms with Crippen LogP contribution < -0.4 is 0 Å². The molecule has 6 nitrogen and oxygen atoms in total. The monoisotopic (exact) mass is 350 g/mol. The van der Waals surface area contributed by atoms with Gasteiger partial charge in [-0.05, 0) is 33.1 Å². The number of likely N-dealkylation sites (N-methyl/N-ethyl adjacent to an activating group) is 1. The number of hydrogen-bond acceptors (Lipinski definition) is 4. The molecule has 0 saturated heterocycles. The molecule has 0 spiro atoms. The van der Waals surface area contributed by atoms with E-state index in [1.54, 1.807) is 34.9 Å². The summed E-state index contributed by atoms with van der Waals surface area (Å²) >= 11 is 0. The van der Waals surface area contributed by atoms with Crippen LogP contribution in [0.15, 0.2) is 0 Å². The Morgan fingerprint density at radius 2 is 1.52 bits per heavy atom. The Bertz CT molecular complexity index is 501. The van der Waals surface area contributed by atoms with Crippen molar-refractivity contribution in [1.82, 2.24) is 9.21 Å². The Balaban J connectivity index is 5.57. The smallest absolute Gasteiger partial charge is 0.252 e. The maximum absolute atomic E-state index is 12.5. The van der Waals surface area contributed by atoms with Gasteiger partial charge in [-0.25, -0.2) is 8.42 Å².